The van der Waals surface area contributed by atoms with Crippen LogP contribution in [0.5, 0.6) is 0 Å². The molecular weight excluding hydrogens is 519 g/mol. The number of hydrogen-bond acceptors (Lipinski definition) is 6. The summed E-state index contributed by atoms with van der Waals surface area (Å²) in [5.41, 5.74) is 5.62. The lowest BCUT2D eigenvalue weighted by atomic mass is 10.2. The van der Waals surface area contributed by atoms with Crippen LogP contribution >= 0.6 is 0 Å². The van der Waals surface area contributed by atoms with Gasteiger partial charge in [-0.25, -0.2) is 0 Å². The molecular formula is C25H61N3O4Si4. The molecule has 0 aromatic heterocycles. The van der Waals surface area contributed by atoms with Gasteiger partial charge in [-0.05, 0) is 96.7 Å². The Morgan fingerprint density at radius 2 is 1.22 bits per heavy atom. The molecule has 1 amide bonds. The summed E-state index contributed by atoms with van der Waals surface area (Å²) in [5, 5.41) is 3.41. The van der Waals surface area contributed by atoms with Crippen LogP contribution in [-0.4, -0.2) is 77.3 Å². The number of amides is 1. The Morgan fingerprint density at radius 1 is 0.722 bits per heavy atom. The lowest BCUT2D eigenvalue weighted by Gasteiger charge is -2.43. The van der Waals surface area contributed by atoms with Crippen LogP contribution in [-0.2, 0) is 17.1 Å². The van der Waals surface area contributed by atoms with Crippen molar-refractivity contribution in [3.63, 3.8) is 0 Å². The van der Waals surface area contributed by atoms with E-state index in [0.29, 0.717) is 18.9 Å². The lowest BCUT2D eigenvalue weighted by Crippen LogP contribution is -2.58. The fraction of sp³-hybridized carbons (Fsp3) is 0.960. The molecule has 0 aliphatic carbocycles. The molecule has 0 saturated carbocycles. The van der Waals surface area contributed by atoms with Gasteiger partial charge in [0.1, 0.15) is 0 Å². The van der Waals surface area contributed by atoms with Gasteiger partial charge < -0.3 is 28.3 Å². The molecule has 0 aliphatic rings. The van der Waals surface area contributed by atoms with E-state index in [4.69, 9.17) is 18.1 Å². The highest BCUT2D eigenvalue weighted by Crippen LogP contribution is 2.31. The number of unbranched alkanes of at least 4 members (excludes halogenated alkanes) is 2. The molecule has 7 nitrogen and oxygen atoms in total. The highest BCUT2D eigenvalue weighted by Gasteiger charge is 2.46. The third-order valence-corrected chi connectivity index (χ3v) is 20.0. The summed E-state index contributed by atoms with van der Waals surface area (Å²) in [6, 6.07) is 1.92. The fourth-order valence-corrected chi connectivity index (χ4v) is 23.2. The van der Waals surface area contributed by atoms with Crippen LogP contribution in [0.15, 0.2) is 0 Å². The van der Waals surface area contributed by atoms with E-state index in [1.165, 1.54) is 0 Å². The third-order valence-electron chi connectivity index (χ3n) is 5.64. The molecule has 216 valence electrons. The topological polar surface area (TPSA) is 86.1 Å². The average Bonchev–Trinajstić information content (AvgIpc) is 2.70. The van der Waals surface area contributed by atoms with Crippen molar-refractivity contribution in [2.75, 3.05) is 32.7 Å². The molecule has 0 fully saturated rings. The highest BCUT2D eigenvalue weighted by molar-refractivity contribution is 6.89. The summed E-state index contributed by atoms with van der Waals surface area (Å²) in [4.78, 5) is 14.7. The quantitative estimate of drug-likeness (QED) is 0.121. The van der Waals surface area contributed by atoms with E-state index in [0.717, 1.165) is 76.8 Å². The van der Waals surface area contributed by atoms with E-state index in [1.54, 1.807) is 0 Å². The molecule has 0 aliphatic heterocycles. The second kappa shape index (κ2) is 17.7. The third kappa shape index (κ3) is 18.4. The van der Waals surface area contributed by atoms with Crippen LogP contribution in [0.4, 0.5) is 0 Å². The molecule has 2 unspecified atom stereocenters. The normalized spacial score (nSPS) is 16.0. The maximum absolute atomic E-state index is 12.6. The zero-order valence-corrected chi connectivity index (χ0v) is 29.6. The Hall–Kier alpha value is 0.138. The molecule has 0 aromatic rings. The van der Waals surface area contributed by atoms with Crippen LogP contribution in [0.1, 0.15) is 58.8 Å². The number of hydrogen-bond donors (Lipinski definition) is 2. The number of nitrogens with one attached hydrogen (secondary N) is 1. The summed E-state index contributed by atoms with van der Waals surface area (Å²) < 4.78 is 20.7. The smallest absolute Gasteiger partial charge is 0.315 e. The molecule has 2 atom stereocenters. The second-order valence-corrected chi connectivity index (χ2v) is 28.8. The van der Waals surface area contributed by atoms with Crippen LogP contribution in [0.25, 0.3) is 0 Å². The minimum absolute atomic E-state index is 0.306. The molecule has 36 heavy (non-hydrogen) atoms. The lowest BCUT2D eigenvalue weighted by molar-refractivity contribution is -0.131. The monoisotopic (exact) mass is 579 g/mol. The Morgan fingerprint density at radius 3 is 1.67 bits per heavy atom. The minimum atomic E-state index is -2.43. The summed E-state index contributed by atoms with van der Waals surface area (Å²) >= 11 is 0. The van der Waals surface area contributed by atoms with Gasteiger partial charge in [0.05, 0.1) is 0 Å². The predicted octanol–water partition coefficient (Wildman–Crippen LogP) is 6.00. The van der Waals surface area contributed by atoms with Gasteiger partial charge >= 0.3 is 17.1 Å². The molecule has 3 N–H and O–H groups in total. The van der Waals surface area contributed by atoms with Crippen molar-refractivity contribution in [3.05, 3.63) is 0 Å². The van der Waals surface area contributed by atoms with Gasteiger partial charge in [0.25, 0.3) is 0 Å². The van der Waals surface area contributed by atoms with E-state index in [9.17, 15) is 4.79 Å². The van der Waals surface area contributed by atoms with Gasteiger partial charge in [-0.2, -0.15) is 0 Å². The molecule has 0 bridgehead atoms. The molecule has 0 radical (unpaired) electrons. The van der Waals surface area contributed by atoms with Crippen LogP contribution < -0.4 is 11.1 Å². The number of carbonyl (C=O) groups excluding carboxylic acids is 1. The summed E-state index contributed by atoms with van der Waals surface area (Å²) in [7, 11) is -8.41. The van der Waals surface area contributed by atoms with Gasteiger partial charge in [0.2, 0.25) is 5.91 Å². The predicted molar refractivity (Wildman–Crippen MR) is 165 cm³/mol. The van der Waals surface area contributed by atoms with E-state index < -0.39 is 33.8 Å². The molecule has 0 saturated heterocycles. The molecule has 0 heterocycles. The maximum atomic E-state index is 12.6. The van der Waals surface area contributed by atoms with Gasteiger partial charge in [-0.3, -0.25) is 4.79 Å². The maximum Gasteiger partial charge on any atom is 0.315 e. The Labute approximate surface area is 228 Å². The van der Waals surface area contributed by atoms with E-state index in [2.05, 4.69) is 71.5 Å². The number of nitrogens with zero attached hydrogens (tertiary/aromatic N) is 1. The van der Waals surface area contributed by atoms with E-state index in [-0.39, 0.29) is 0 Å². The average molecular weight is 580 g/mol. The number of rotatable bonds is 22. The van der Waals surface area contributed by atoms with Gasteiger partial charge in [0, 0.05) is 32.6 Å². The summed E-state index contributed by atoms with van der Waals surface area (Å²) in [6.07, 6.45) is 6.73. The Bertz CT molecular complexity index is 599. The number of nitrogens with two attached hydrogens (primary N) is 1. The molecule has 0 spiro atoms. The van der Waals surface area contributed by atoms with Gasteiger partial charge in [-0.15, -0.1) is 0 Å². The van der Waals surface area contributed by atoms with Crippen molar-refractivity contribution < 1.29 is 17.1 Å². The van der Waals surface area contributed by atoms with Crippen LogP contribution in [0.3, 0.4) is 0 Å². The first-order valence-corrected chi connectivity index (χ1v) is 26.2. The SMILES string of the molecule is CCCN(CCC)C(=O)CCCCC[Si](C)(O[Si](C)(C)C)O[Si](C)(CCCNCCN)O[Si](C)(C)C. The fourth-order valence-electron chi connectivity index (χ4n) is 4.72. The molecule has 0 aromatic carbocycles. The summed E-state index contributed by atoms with van der Waals surface area (Å²) in [6.45, 7) is 26.5. The minimum Gasteiger partial charge on any atom is -0.437 e. The van der Waals surface area contributed by atoms with Crippen molar-refractivity contribution in [3.8, 4) is 0 Å². The van der Waals surface area contributed by atoms with Crippen molar-refractivity contribution in [1.29, 1.82) is 0 Å². The highest BCUT2D eigenvalue weighted by atomic mass is 28.5. The molecule has 11 heteroatoms. The largest absolute Gasteiger partial charge is 0.437 e. The first-order chi connectivity index (χ1) is 16.6. The zero-order chi connectivity index (χ0) is 27.9. The van der Waals surface area contributed by atoms with Crippen molar-refractivity contribution >= 4 is 39.7 Å². The number of carbonyl (C=O) groups is 1. The Balaban J connectivity index is 5.19. The van der Waals surface area contributed by atoms with Crippen LogP contribution in [0.2, 0.25) is 64.5 Å². The summed E-state index contributed by atoms with van der Waals surface area (Å²) in [5.74, 6) is 0.306. The molecule has 0 rings (SSSR count). The second-order valence-electron chi connectivity index (χ2n) is 12.4. The van der Waals surface area contributed by atoms with Crippen LogP contribution in [0, 0.1) is 0 Å². The zero-order valence-electron chi connectivity index (χ0n) is 25.6. The van der Waals surface area contributed by atoms with Gasteiger partial charge in [-0.1, -0.05) is 26.7 Å². The van der Waals surface area contributed by atoms with Crippen molar-refractivity contribution in [2.45, 2.75) is 123 Å². The first kappa shape index (κ1) is 36.1. The van der Waals surface area contributed by atoms with Crippen molar-refractivity contribution in [1.82, 2.24) is 10.2 Å². The standard InChI is InChI=1S/C25H61N3O4Si4/c1-11-21-28(22-12-2)25(29)17-14-13-15-23-35(9,30-33(3,4)5)32-36(10,31-34(6,7)8)24-16-19-27-20-18-26/h27H,11-24,26H2,1-10H3. The Kier molecular flexibility index (Phi) is 17.7. The van der Waals surface area contributed by atoms with Gasteiger partial charge in [0.15, 0.2) is 16.6 Å². The van der Waals surface area contributed by atoms with E-state index in [1.807, 2.05) is 4.90 Å². The van der Waals surface area contributed by atoms with E-state index >= 15 is 0 Å². The first-order valence-electron chi connectivity index (χ1n) is 14.4. The van der Waals surface area contributed by atoms with Crippen molar-refractivity contribution in [2.24, 2.45) is 5.73 Å².